The van der Waals surface area contributed by atoms with Crippen LogP contribution >= 0.6 is 0 Å². The second-order valence-corrected chi connectivity index (χ2v) is 29.9. The fourth-order valence-corrected chi connectivity index (χ4v) is 14.3. The van der Waals surface area contributed by atoms with Crippen molar-refractivity contribution >= 4 is 65.3 Å². The predicted molar refractivity (Wildman–Crippen MR) is 413 cm³/mol. The molecule has 0 aromatic heterocycles. The van der Waals surface area contributed by atoms with E-state index >= 15 is 0 Å². The summed E-state index contributed by atoms with van der Waals surface area (Å²) >= 11 is 0. The predicted octanol–water partition coefficient (Wildman–Crippen LogP) is 6.21. The minimum Gasteiger partial charge on any atom is -0.449 e. The number of amides is 11. The molecule has 1 saturated carbocycles. The molecular weight excluding hydrogens is 1420 g/mol. The molecule has 3 aliphatic rings. The van der Waals surface area contributed by atoms with E-state index in [0.29, 0.717) is 107 Å². The zero-order valence-corrected chi connectivity index (χ0v) is 67.3. The number of nitrogens with one attached hydrogen (secondary N) is 7. The molecule has 11 amide bonds. The number of ether oxygens (including phenoxy) is 8. The number of carbonyl (C=O) groups excluding carboxylic acids is 10. The Bertz CT molecular complexity index is 3250. The Morgan fingerprint density at radius 2 is 1.25 bits per heavy atom. The normalized spacial score (nSPS) is 18.9. The summed E-state index contributed by atoms with van der Waals surface area (Å²) in [6.45, 7) is 21.3. The van der Waals surface area contributed by atoms with Crippen LogP contribution in [0, 0.1) is 59.2 Å². The molecule has 2 fully saturated rings. The number of likely N-dealkylation sites (tertiary alicyclic amines) is 1. The minimum atomic E-state index is -1.12. The molecular formula is C80H127N11O19. The molecule has 14 atom stereocenters. The quantitative estimate of drug-likeness (QED) is 0.0262. The van der Waals surface area contributed by atoms with Gasteiger partial charge < -0.3 is 95.8 Å². The summed E-state index contributed by atoms with van der Waals surface area (Å²) < 4.78 is 45.5. The van der Waals surface area contributed by atoms with Crippen molar-refractivity contribution in [3.05, 3.63) is 65.7 Å². The zero-order chi connectivity index (χ0) is 81.0. The van der Waals surface area contributed by atoms with Gasteiger partial charge >= 0.3 is 18.2 Å². The van der Waals surface area contributed by atoms with Crippen LogP contribution in [0.25, 0.3) is 0 Å². The molecule has 1 aliphatic heterocycles. The van der Waals surface area contributed by atoms with Crippen molar-refractivity contribution in [2.45, 2.75) is 207 Å². The number of primary amides is 1. The van der Waals surface area contributed by atoms with Gasteiger partial charge in [-0.2, -0.15) is 0 Å². The average molecular weight is 1550 g/mol. The smallest absolute Gasteiger partial charge is 0.410 e. The van der Waals surface area contributed by atoms with E-state index in [2.05, 4.69) is 49.1 Å². The lowest BCUT2D eigenvalue weighted by Crippen LogP contribution is -2.60. The van der Waals surface area contributed by atoms with E-state index < -0.39 is 126 Å². The van der Waals surface area contributed by atoms with Gasteiger partial charge in [-0.3, -0.25) is 38.5 Å². The van der Waals surface area contributed by atoms with Crippen LogP contribution in [0.5, 0.6) is 0 Å². The Hall–Kier alpha value is -8.18. The van der Waals surface area contributed by atoms with Gasteiger partial charge in [-0.05, 0) is 110 Å². The molecule has 5 rings (SSSR count). The number of rotatable bonds is 49. The molecule has 110 heavy (non-hydrogen) atoms. The Morgan fingerprint density at radius 3 is 1.83 bits per heavy atom. The standard InChI is InChI=1S/C80H127N11O19/c1-15-53(8)70(64(103-13)47-66(93)91-38-24-30-63(91)72(104-14)54(9)73(95)84-55(10)71(94)57-25-19-18-20-26-57)89(11)77(99)68(51(4)5)88-76(98)69(52(6)7)90(12)80(102)110-48-56-31-33-58(34-32-56)85-74(96)62(29-23-36-82-78(81)100)86-75(97)67(50(2)3)87-65(92)35-39-105-41-43-107-45-46-108-44-42-106-40-37-83-79(101)109-49-61-59-27-21-16-17-22-28-60(59)61/h18-20,25-26,31-34,50-55,59-64,67-72,94H,15,21-24,27-30,35-49H2,1-14H3,(H,83,101)(H,84,95)(H,85,96)(H,86,97)(H,87,92)(H,88,98)(H3,81,82,100)/t53-,54+,55+,59?,60?,61?,62-,63-,64?,67-,68-,69-,70-,71+,72+/m0/s1. The largest absolute Gasteiger partial charge is 0.449 e. The molecule has 0 spiro atoms. The van der Waals surface area contributed by atoms with E-state index in [1.807, 2.05) is 32.0 Å². The van der Waals surface area contributed by atoms with Gasteiger partial charge in [-0.25, -0.2) is 14.4 Å². The van der Waals surface area contributed by atoms with Crippen LogP contribution in [-0.4, -0.2) is 241 Å². The number of carbonyl (C=O) groups is 10. The molecule has 1 heterocycles. The maximum atomic E-state index is 14.9. The zero-order valence-electron chi connectivity index (χ0n) is 67.3. The number of anilines is 1. The van der Waals surface area contributed by atoms with Crippen molar-refractivity contribution in [1.82, 2.24) is 46.6 Å². The first-order chi connectivity index (χ1) is 52.5. The van der Waals surface area contributed by atoms with Gasteiger partial charge in [0.15, 0.2) is 0 Å². The van der Waals surface area contributed by atoms with Crippen LogP contribution in [0.3, 0.4) is 0 Å². The van der Waals surface area contributed by atoms with E-state index in [-0.39, 0.29) is 82.3 Å². The van der Waals surface area contributed by atoms with Crippen LogP contribution < -0.4 is 43.0 Å². The number of aliphatic hydroxyl groups is 1. The van der Waals surface area contributed by atoms with Gasteiger partial charge in [0.2, 0.25) is 41.4 Å². The summed E-state index contributed by atoms with van der Waals surface area (Å²) in [5.41, 5.74) is 6.81. The molecule has 3 unspecified atom stereocenters. The number of aliphatic hydroxyl groups excluding tert-OH is 1. The van der Waals surface area contributed by atoms with Crippen LogP contribution in [0.1, 0.15) is 157 Å². The first-order valence-corrected chi connectivity index (χ1v) is 39.1. The number of methoxy groups -OCH3 is 2. The number of fused-ring (bicyclic) bond motifs is 1. The van der Waals surface area contributed by atoms with Crippen molar-refractivity contribution < 1.29 is 90.9 Å². The molecule has 30 nitrogen and oxygen atoms in total. The van der Waals surface area contributed by atoms with Crippen molar-refractivity contribution in [2.24, 2.45) is 53.1 Å². The Kier molecular flexibility index (Phi) is 40.8. The van der Waals surface area contributed by atoms with Crippen LogP contribution in [0.2, 0.25) is 0 Å². The lowest BCUT2D eigenvalue weighted by atomic mass is 9.89. The molecule has 2 aromatic carbocycles. The highest BCUT2D eigenvalue weighted by Gasteiger charge is 2.50. The molecule has 0 bridgehead atoms. The van der Waals surface area contributed by atoms with Crippen LogP contribution in [0.4, 0.5) is 20.1 Å². The Labute approximate surface area is 650 Å². The summed E-state index contributed by atoms with van der Waals surface area (Å²) in [6, 6.07) is 8.72. The molecule has 10 N–H and O–H groups in total. The first kappa shape index (κ1) is 92.4. The van der Waals surface area contributed by atoms with Gasteiger partial charge in [0, 0.05) is 72.9 Å². The summed E-state index contributed by atoms with van der Waals surface area (Å²) in [7, 11) is 6.09. The van der Waals surface area contributed by atoms with E-state index in [0.717, 1.165) is 25.7 Å². The maximum Gasteiger partial charge on any atom is 0.410 e. The average Bonchev–Trinajstić information content (AvgIpc) is 1.62. The second-order valence-electron chi connectivity index (χ2n) is 29.9. The summed E-state index contributed by atoms with van der Waals surface area (Å²) in [6.07, 6.45) is 2.39. The Balaban J connectivity index is 1.05. The van der Waals surface area contributed by atoms with Gasteiger partial charge in [0.25, 0.3) is 0 Å². The van der Waals surface area contributed by atoms with Gasteiger partial charge in [0.05, 0.1) is 108 Å². The van der Waals surface area contributed by atoms with Crippen LogP contribution in [0.15, 0.2) is 54.6 Å². The third-order valence-corrected chi connectivity index (χ3v) is 20.9. The van der Waals surface area contributed by atoms with E-state index in [1.165, 1.54) is 26.2 Å². The molecule has 616 valence electrons. The SMILES string of the molecule is CC[C@H](C)[C@@H](C(CC(=O)N1CCC[C@H]1[C@H](OC)[C@@H](C)C(=O)N[C@H](C)[C@@H](O)c1ccccc1)OC)N(C)C(=O)[C@@H](NC(=O)[C@H](C(C)C)N(C)C(=O)OCc1ccc(NC(=O)[C@H](CCCNC(N)=O)NC(=O)[C@@H](NC(=O)CCOCCOCCOCCOCCNC(=O)OCC2C3CCC#CCCC32)C(C)C)cc1)C(C)C. The summed E-state index contributed by atoms with van der Waals surface area (Å²) in [4.78, 5) is 140. The third-order valence-electron chi connectivity index (χ3n) is 20.9. The highest BCUT2D eigenvalue weighted by atomic mass is 16.6. The first-order valence-electron chi connectivity index (χ1n) is 39.1. The van der Waals surface area contributed by atoms with Gasteiger partial charge in [0.1, 0.15) is 30.8 Å². The molecule has 1 saturated heterocycles. The van der Waals surface area contributed by atoms with Gasteiger partial charge in [-0.15, -0.1) is 11.8 Å². The Morgan fingerprint density at radius 1 is 0.645 bits per heavy atom. The molecule has 2 aromatic rings. The van der Waals surface area contributed by atoms with Crippen LogP contribution in [-0.2, 0) is 78.1 Å². The van der Waals surface area contributed by atoms with E-state index in [4.69, 9.17) is 43.6 Å². The molecule has 30 heteroatoms. The monoisotopic (exact) mass is 1550 g/mol. The lowest BCUT2D eigenvalue weighted by molar-refractivity contribution is -0.148. The highest BCUT2D eigenvalue weighted by Crippen LogP contribution is 2.52. The van der Waals surface area contributed by atoms with E-state index in [1.54, 1.807) is 109 Å². The number of alkyl carbamates (subject to hydrolysis) is 1. The molecule has 2 aliphatic carbocycles. The highest BCUT2D eigenvalue weighted by molar-refractivity contribution is 5.98. The minimum absolute atomic E-state index is 0.0529. The fraction of sp³-hybridized carbons (Fsp3) is 0.700. The van der Waals surface area contributed by atoms with Crippen molar-refractivity contribution in [2.75, 3.05) is 113 Å². The van der Waals surface area contributed by atoms with Gasteiger partial charge in [-0.1, -0.05) is 111 Å². The lowest BCUT2D eigenvalue weighted by Gasteiger charge is -2.41. The number of urea groups is 1. The number of nitrogens with two attached hydrogens (primary N) is 1. The summed E-state index contributed by atoms with van der Waals surface area (Å²) in [5.74, 6) is 2.67. The number of likely N-dealkylation sites (N-methyl/N-ethyl adjacent to an activating group) is 2. The number of hydrogen-bond donors (Lipinski definition) is 9. The number of benzene rings is 2. The maximum absolute atomic E-state index is 14.9. The van der Waals surface area contributed by atoms with E-state index in [9.17, 15) is 53.1 Å². The topological polar surface area (TPSA) is 385 Å². The number of hydrogen-bond acceptors (Lipinski definition) is 19. The summed E-state index contributed by atoms with van der Waals surface area (Å²) in [5, 5.41) is 30.4. The van der Waals surface area contributed by atoms with Crippen molar-refractivity contribution in [1.29, 1.82) is 0 Å². The van der Waals surface area contributed by atoms with Crippen molar-refractivity contribution in [3.8, 4) is 11.8 Å². The fourth-order valence-electron chi connectivity index (χ4n) is 14.3. The molecule has 0 radical (unpaired) electrons. The third kappa shape index (κ3) is 30.1. The number of nitrogens with zero attached hydrogens (tertiary/aromatic N) is 3. The van der Waals surface area contributed by atoms with Crippen molar-refractivity contribution in [3.63, 3.8) is 0 Å². The second kappa shape index (κ2) is 48.6.